The molecule has 4 rings (SSSR count). The molecule has 3 aromatic rings. The van der Waals surface area contributed by atoms with Crippen LogP contribution in [-0.4, -0.2) is 38.7 Å². The minimum atomic E-state index is -0.541. The number of rotatable bonds is 4. The number of piperidine rings is 1. The summed E-state index contributed by atoms with van der Waals surface area (Å²) in [7, 11) is 1.95. The van der Waals surface area contributed by atoms with E-state index in [-0.39, 0.29) is 0 Å². The van der Waals surface area contributed by atoms with Crippen LogP contribution in [0.5, 0.6) is 0 Å². The van der Waals surface area contributed by atoms with Crippen molar-refractivity contribution >= 4 is 11.6 Å². The van der Waals surface area contributed by atoms with Crippen molar-refractivity contribution in [3.8, 4) is 11.1 Å². The Bertz CT molecular complexity index is 992. The molecule has 2 N–H and O–H groups in total. The molecule has 1 aliphatic heterocycles. The zero-order valence-electron chi connectivity index (χ0n) is 15.5. The molecule has 3 heterocycles. The van der Waals surface area contributed by atoms with Crippen LogP contribution in [0.15, 0.2) is 42.9 Å². The summed E-state index contributed by atoms with van der Waals surface area (Å²) in [6.07, 6.45) is 4.97. The molecule has 1 saturated heterocycles. The van der Waals surface area contributed by atoms with E-state index in [9.17, 15) is 9.18 Å². The van der Waals surface area contributed by atoms with Crippen LogP contribution in [0.25, 0.3) is 11.1 Å². The second kappa shape index (κ2) is 7.38. The Hall–Kier alpha value is -3.29. The number of aryl methyl sites for hydroxylation is 1. The summed E-state index contributed by atoms with van der Waals surface area (Å²) >= 11 is 0. The van der Waals surface area contributed by atoms with Gasteiger partial charge in [-0.3, -0.25) is 4.79 Å². The normalized spacial score (nSPS) is 15.0. The minimum absolute atomic E-state index is 0.320. The first-order valence-corrected chi connectivity index (χ1v) is 9.18. The molecule has 0 unspecified atom stereocenters. The second-order valence-electron chi connectivity index (χ2n) is 7.00. The van der Waals surface area contributed by atoms with E-state index in [1.54, 1.807) is 24.5 Å². The molecule has 1 amide bonds. The van der Waals surface area contributed by atoms with Gasteiger partial charge in [0.2, 0.25) is 5.95 Å². The first kappa shape index (κ1) is 18.1. The fraction of sp³-hybridized carbons (Fsp3) is 0.300. The van der Waals surface area contributed by atoms with Crippen molar-refractivity contribution in [1.29, 1.82) is 0 Å². The van der Waals surface area contributed by atoms with Gasteiger partial charge in [-0.15, -0.1) is 10.2 Å². The first-order valence-electron chi connectivity index (χ1n) is 9.18. The number of aromatic nitrogens is 4. The highest BCUT2D eigenvalue weighted by Crippen LogP contribution is 2.37. The van der Waals surface area contributed by atoms with Gasteiger partial charge in [0.1, 0.15) is 12.2 Å². The lowest BCUT2D eigenvalue weighted by molar-refractivity contribution is 0.100. The Kier molecular flexibility index (Phi) is 4.77. The lowest BCUT2D eigenvalue weighted by Gasteiger charge is -2.35. The van der Waals surface area contributed by atoms with Crippen molar-refractivity contribution in [1.82, 2.24) is 19.7 Å². The van der Waals surface area contributed by atoms with Crippen LogP contribution in [0.4, 0.5) is 10.1 Å². The van der Waals surface area contributed by atoms with Crippen LogP contribution in [0.3, 0.4) is 0 Å². The zero-order valence-corrected chi connectivity index (χ0v) is 15.5. The van der Waals surface area contributed by atoms with Crippen LogP contribution < -0.4 is 10.6 Å². The third-order valence-corrected chi connectivity index (χ3v) is 5.26. The molecule has 0 atom stereocenters. The highest BCUT2D eigenvalue weighted by molar-refractivity contribution is 6.02. The average molecular weight is 380 g/mol. The van der Waals surface area contributed by atoms with Gasteiger partial charge in [0.05, 0.1) is 11.3 Å². The van der Waals surface area contributed by atoms with Gasteiger partial charge in [-0.1, -0.05) is 12.1 Å². The number of anilines is 1. The monoisotopic (exact) mass is 380 g/mol. The maximum absolute atomic E-state index is 13.3. The fourth-order valence-corrected chi connectivity index (χ4v) is 3.87. The summed E-state index contributed by atoms with van der Waals surface area (Å²) < 4.78 is 15.2. The second-order valence-corrected chi connectivity index (χ2v) is 7.00. The van der Waals surface area contributed by atoms with Gasteiger partial charge in [-0.25, -0.2) is 4.98 Å². The number of para-hydroxylation sites is 1. The van der Waals surface area contributed by atoms with Crippen LogP contribution in [0.1, 0.15) is 34.9 Å². The van der Waals surface area contributed by atoms with Gasteiger partial charge in [0.25, 0.3) is 5.91 Å². The van der Waals surface area contributed by atoms with Crippen LogP contribution in [0, 0.1) is 5.95 Å². The van der Waals surface area contributed by atoms with Gasteiger partial charge in [0.15, 0.2) is 0 Å². The topological polar surface area (TPSA) is 89.9 Å². The Morgan fingerprint density at radius 1 is 1.21 bits per heavy atom. The molecule has 0 radical (unpaired) electrons. The van der Waals surface area contributed by atoms with Gasteiger partial charge in [0, 0.05) is 43.4 Å². The number of amides is 1. The standard InChI is InChI=1S/C20H21FN6O/c1-26-12-24-25-20(26)13-7-9-27(10-8-13)18-15(3-2-4-16(18)19(22)28)14-5-6-17(21)23-11-14/h2-6,11-13H,7-10H2,1H3,(H2,22,28). The molecule has 2 aromatic heterocycles. The molecule has 1 fully saturated rings. The number of carbonyl (C=O) groups is 1. The number of primary amides is 1. The van der Waals surface area contributed by atoms with Crippen molar-refractivity contribution in [2.45, 2.75) is 18.8 Å². The molecule has 28 heavy (non-hydrogen) atoms. The van der Waals surface area contributed by atoms with Gasteiger partial charge in [-0.2, -0.15) is 4.39 Å². The molecule has 0 spiro atoms. The summed E-state index contributed by atoms with van der Waals surface area (Å²) in [6, 6.07) is 8.40. The first-order chi connectivity index (χ1) is 13.5. The van der Waals surface area contributed by atoms with E-state index in [1.807, 2.05) is 17.7 Å². The van der Waals surface area contributed by atoms with Crippen molar-refractivity contribution < 1.29 is 9.18 Å². The number of carbonyl (C=O) groups excluding carboxylic acids is 1. The smallest absolute Gasteiger partial charge is 0.250 e. The van der Waals surface area contributed by atoms with Crippen LogP contribution in [-0.2, 0) is 7.05 Å². The molecule has 8 heteroatoms. The van der Waals surface area contributed by atoms with Crippen LogP contribution in [0.2, 0.25) is 0 Å². The molecule has 1 aliphatic rings. The van der Waals surface area contributed by atoms with Gasteiger partial charge >= 0.3 is 0 Å². The number of halogens is 1. The third kappa shape index (κ3) is 3.33. The van der Waals surface area contributed by atoms with Crippen molar-refractivity contribution in [3.05, 3.63) is 60.2 Å². The predicted octanol–water partition coefficient (Wildman–Crippen LogP) is 2.50. The summed E-state index contributed by atoms with van der Waals surface area (Å²) in [5.41, 5.74) is 8.45. The molecular weight excluding hydrogens is 359 g/mol. The molecule has 0 saturated carbocycles. The largest absolute Gasteiger partial charge is 0.370 e. The molecule has 144 valence electrons. The SMILES string of the molecule is Cn1cnnc1C1CCN(c2c(C(N)=O)cccc2-c2ccc(F)nc2)CC1. The zero-order chi connectivity index (χ0) is 19.7. The number of benzene rings is 1. The Balaban J connectivity index is 1.68. The summed E-state index contributed by atoms with van der Waals surface area (Å²) in [5.74, 6) is 0.273. The fourth-order valence-electron chi connectivity index (χ4n) is 3.87. The molecular formula is C20H21FN6O. The predicted molar refractivity (Wildman–Crippen MR) is 103 cm³/mol. The molecule has 1 aromatic carbocycles. The maximum atomic E-state index is 13.3. The van der Waals surface area contributed by atoms with E-state index in [4.69, 9.17) is 5.73 Å². The summed E-state index contributed by atoms with van der Waals surface area (Å²) in [4.78, 5) is 18.0. The third-order valence-electron chi connectivity index (χ3n) is 5.26. The average Bonchev–Trinajstić information content (AvgIpc) is 3.14. The van der Waals surface area contributed by atoms with Crippen molar-refractivity contribution in [2.24, 2.45) is 12.8 Å². The minimum Gasteiger partial charge on any atom is -0.370 e. The Labute approximate surface area is 162 Å². The lowest BCUT2D eigenvalue weighted by atomic mass is 9.93. The van der Waals surface area contributed by atoms with Crippen molar-refractivity contribution in [3.63, 3.8) is 0 Å². The number of pyridine rings is 1. The number of hydrogen-bond acceptors (Lipinski definition) is 5. The number of hydrogen-bond donors (Lipinski definition) is 1. The van der Waals surface area contributed by atoms with E-state index in [0.29, 0.717) is 11.5 Å². The van der Waals surface area contributed by atoms with E-state index in [1.165, 1.54) is 12.3 Å². The summed E-state index contributed by atoms with van der Waals surface area (Å²) in [6.45, 7) is 1.51. The van der Waals surface area contributed by atoms with Gasteiger partial charge < -0.3 is 15.2 Å². The van der Waals surface area contributed by atoms with Gasteiger partial charge in [-0.05, 0) is 31.0 Å². The van der Waals surface area contributed by atoms with E-state index in [0.717, 1.165) is 48.6 Å². The highest BCUT2D eigenvalue weighted by Gasteiger charge is 2.27. The maximum Gasteiger partial charge on any atom is 0.250 e. The summed E-state index contributed by atoms with van der Waals surface area (Å²) in [5, 5.41) is 8.21. The van der Waals surface area contributed by atoms with E-state index < -0.39 is 11.9 Å². The number of nitrogens with two attached hydrogens (primary N) is 1. The molecule has 7 nitrogen and oxygen atoms in total. The molecule has 0 bridgehead atoms. The highest BCUT2D eigenvalue weighted by atomic mass is 19.1. The lowest BCUT2D eigenvalue weighted by Crippen LogP contribution is -2.35. The van der Waals surface area contributed by atoms with Crippen LogP contribution >= 0.6 is 0 Å². The van der Waals surface area contributed by atoms with E-state index >= 15 is 0 Å². The Morgan fingerprint density at radius 3 is 2.61 bits per heavy atom. The quantitative estimate of drug-likeness (QED) is 0.703. The van der Waals surface area contributed by atoms with E-state index in [2.05, 4.69) is 20.1 Å². The molecule has 0 aliphatic carbocycles. The van der Waals surface area contributed by atoms with Crippen molar-refractivity contribution in [2.75, 3.05) is 18.0 Å². The Morgan fingerprint density at radius 2 is 2.00 bits per heavy atom. The number of nitrogens with zero attached hydrogens (tertiary/aromatic N) is 5.